The summed E-state index contributed by atoms with van der Waals surface area (Å²) in [6, 6.07) is 4.19. The largest absolute Gasteiger partial charge is 0.356 e. The van der Waals surface area contributed by atoms with Crippen molar-refractivity contribution in [1.82, 2.24) is 4.98 Å². The Morgan fingerprint density at radius 1 is 1.41 bits per heavy atom. The number of hydrogen-bond acceptors (Lipinski definition) is 3. The lowest BCUT2D eigenvalue weighted by Gasteiger charge is -2.18. The van der Waals surface area contributed by atoms with Crippen LogP contribution in [0.15, 0.2) is 12.1 Å². The molecule has 1 aromatic rings. The first kappa shape index (κ1) is 14.0. The van der Waals surface area contributed by atoms with Crippen LogP contribution in [0.4, 0.5) is 5.82 Å². The minimum atomic E-state index is 0.579. The van der Waals surface area contributed by atoms with Crippen molar-refractivity contribution in [2.75, 3.05) is 18.0 Å². The molecule has 0 saturated carbocycles. The van der Waals surface area contributed by atoms with Crippen LogP contribution in [-0.2, 0) is 6.54 Å². The fourth-order valence-electron chi connectivity index (χ4n) is 2.11. The van der Waals surface area contributed by atoms with E-state index >= 15 is 0 Å². The smallest absolute Gasteiger partial charge is 0.128 e. The average Bonchev–Trinajstić information content (AvgIpc) is 2.78. The van der Waals surface area contributed by atoms with Crippen LogP contribution in [0.5, 0.6) is 0 Å². The predicted octanol–water partition coefficient (Wildman–Crippen LogP) is 2.72. The van der Waals surface area contributed by atoms with Crippen LogP contribution in [-0.4, -0.2) is 18.1 Å². The van der Waals surface area contributed by atoms with Crippen molar-refractivity contribution in [1.29, 1.82) is 0 Å². The molecule has 1 aliphatic heterocycles. The van der Waals surface area contributed by atoms with Crippen LogP contribution in [0.2, 0.25) is 0 Å². The van der Waals surface area contributed by atoms with Gasteiger partial charge in [-0.3, -0.25) is 0 Å². The molecule has 1 saturated heterocycles. The van der Waals surface area contributed by atoms with Gasteiger partial charge in [-0.25, -0.2) is 4.98 Å². The lowest BCUT2D eigenvalue weighted by atomic mass is 10.2. The second kappa shape index (κ2) is 6.60. The van der Waals surface area contributed by atoms with Gasteiger partial charge in [0.25, 0.3) is 0 Å². The van der Waals surface area contributed by atoms with Gasteiger partial charge in [0, 0.05) is 25.3 Å². The molecule has 1 fully saturated rings. The normalized spacial score (nSPS) is 18.9. The number of aromatic nitrogens is 1. The van der Waals surface area contributed by atoms with E-state index in [2.05, 4.69) is 28.9 Å². The molecule has 2 rings (SSSR count). The zero-order valence-electron chi connectivity index (χ0n) is 11.5. The van der Waals surface area contributed by atoms with E-state index in [1.54, 1.807) is 0 Å². The maximum absolute atomic E-state index is 5.62. The highest BCUT2D eigenvalue weighted by Gasteiger charge is 2.19. The Labute approximate surface area is 105 Å². The second-order valence-electron chi connectivity index (χ2n) is 4.46. The summed E-state index contributed by atoms with van der Waals surface area (Å²) in [5, 5.41) is 0. The molecule has 3 nitrogen and oxygen atoms in total. The average molecular weight is 235 g/mol. The van der Waals surface area contributed by atoms with Gasteiger partial charge in [-0.1, -0.05) is 26.8 Å². The number of hydrogen-bond donors (Lipinski definition) is 1. The van der Waals surface area contributed by atoms with Crippen LogP contribution < -0.4 is 10.6 Å². The topological polar surface area (TPSA) is 42.2 Å². The quantitative estimate of drug-likeness (QED) is 0.857. The summed E-state index contributed by atoms with van der Waals surface area (Å²) in [5.41, 5.74) is 7.83. The standard InChI is InChI=1S/C12H19N3.C2H6/c1-9-5-6-15(8-9)12-4-3-11(7-13)10(2)14-12;1-2/h3-4,9H,5-8,13H2,1-2H3;1-2H3. The Bertz CT molecular complexity index is 349. The lowest BCUT2D eigenvalue weighted by Crippen LogP contribution is -2.20. The summed E-state index contributed by atoms with van der Waals surface area (Å²) in [5.74, 6) is 1.90. The van der Waals surface area contributed by atoms with Gasteiger partial charge < -0.3 is 10.6 Å². The first-order valence-corrected chi connectivity index (χ1v) is 6.62. The highest BCUT2D eigenvalue weighted by Crippen LogP contribution is 2.22. The molecule has 1 unspecified atom stereocenters. The molecule has 2 heterocycles. The van der Waals surface area contributed by atoms with Crippen molar-refractivity contribution in [2.24, 2.45) is 11.7 Å². The summed E-state index contributed by atoms with van der Waals surface area (Å²) in [7, 11) is 0. The van der Waals surface area contributed by atoms with E-state index in [4.69, 9.17) is 5.73 Å². The Hall–Kier alpha value is -1.09. The summed E-state index contributed by atoms with van der Waals surface area (Å²) in [6.45, 7) is 11.2. The van der Waals surface area contributed by atoms with Crippen LogP contribution in [0.3, 0.4) is 0 Å². The molecule has 0 aromatic carbocycles. The molecule has 1 aliphatic rings. The maximum atomic E-state index is 5.62. The van der Waals surface area contributed by atoms with Gasteiger partial charge in [0.1, 0.15) is 5.82 Å². The van der Waals surface area contributed by atoms with Gasteiger partial charge in [-0.15, -0.1) is 0 Å². The van der Waals surface area contributed by atoms with Crippen LogP contribution in [0, 0.1) is 12.8 Å². The third-order valence-electron chi connectivity index (χ3n) is 3.15. The van der Waals surface area contributed by atoms with Crippen LogP contribution >= 0.6 is 0 Å². The Morgan fingerprint density at radius 2 is 2.12 bits per heavy atom. The Balaban J connectivity index is 0.000000686. The van der Waals surface area contributed by atoms with Gasteiger partial charge in [-0.2, -0.15) is 0 Å². The molecular formula is C14H25N3. The molecule has 0 bridgehead atoms. The predicted molar refractivity (Wildman–Crippen MR) is 74.2 cm³/mol. The lowest BCUT2D eigenvalue weighted by molar-refractivity contribution is 0.659. The number of rotatable bonds is 2. The fourth-order valence-corrected chi connectivity index (χ4v) is 2.11. The fraction of sp³-hybridized carbons (Fsp3) is 0.643. The van der Waals surface area contributed by atoms with E-state index in [0.717, 1.165) is 36.1 Å². The summed E-state index contributed by atoms with van der Waals surface area (Å²) in [6.07, 6.45) is 1.28. The minimum Gasteiger partial charge on any atom is -0.356 e. The third-order valence-corrected chi connectivity index (χ3v) is 3.15. The van der Waals surface area contributed by atoms with E-state index in [9.17, 15) is 0 Å². The van der Waals surface area contributed by atoms with Crippen molar-refractivity contribution in [3.8, 4) is 0 Å². The van der Waals surface area contributed by atoms with Crippen molar-refractivity contribution in [3.05, 3.63) is 23.4 Å². The Kier molecular flexibility index (Phi) is 5.42. The third kappa shape index (κ3) is 3.43. The molecule has 0 spiro atoms. The van der Waals surface area contributed by atoms with Crippen LogP contribution in [0.25, 0.3) is 0 Å². The maximum Gasteiger partial charge on any atom is 0.128 e. The number of anilines is 1. The molecule has 0 amide bonds. The van der Waals surface area contributed by atoms with E-state index in [1.165, 1.54) is 6.42 Å². The first-order chi connectivity index (χ1) is 8.20. The number of nitrogens with two attached hydrogens (primary N) is 1. The van der Waals surface area contributed by atoms with Gasteiger partial charge >= 0.3 is 0 Å². The molecular weight excluding hydrogens is 210 g/mol. The van der Waals surface area contributed by atoms with Crippen molar-refractivity contribution in [3.63, 3.8) is 0 Å². The number of aryl methyl sites for hydroxylation is 1. The monoisotopic (exact) mass is 235 g/mol. The highest BCUT2D eigenvalue weighted by molar-refractivity contribution is 5.42. The number of pyridine rings is 1. The second-order valence-corrected chi connectivity index (χ2v) is 4.46. The van der Waals surface area contributed by atoms with Gasteiger partial charge in [0.05, 0.1) is 0 Å². The molecule has 0 aliphatic carbocycles. The molecule has 3 heteroatoms. The van der Waals surface area contributed by atoms with Gasteiger partial charge in [-0.05, 0) is 30.9 Å². The van der Waals surface area contributed by atoms with Crippen LogP contribution in [0.1, 0.15) is 38.4 Å². The van der Waals surface area contributed by atoms with Crippen molar-refractivity contribution < 1.29 is 0 Å². The first-order valence-electron chi connectivity index (χ1n) is 6.62. The van der Waals surface area contributed by atoms with E-state index in [0.29, 0.717) is 6.54 Å². The van der Waals surface area contributed by atoms with E-state index < -0.39 is 0 Å². The summed E-state index contributed by atoms with van der Waals surface area (Å²) < 4.78 is 0. The van der Waals surface area contributed by atoms with Gasteiger partial charge in [0.2, 0.25) is 0 Å². The zero-order chi connectivity index (χ0) is 12.8. The molecule has 1 atom stereocenters. The van der Waals surface area contributed by atoms with Crippen molar-refractivity contribution >= 4 is 5.82 Å². The van der Waals surface area contributed by atoms with E-state index in [-0.39, 0.29) is 0 Å². The van der Waals surface area contributed by atoms with Gasteiger partial charge in [0.15, 0.2) is 0 Å². The Morgan fingerprint density at radius 3 is 2.59 bits per heavy atom. The molecule has 17 heavy (non-hydrogen) atoms. The number of nitrogens with zero attached hydrogens (tertiary/aromatic N) is 2. The minimum absolute atomic E-state index is 0.579. The van der Waals surface area contributed by atoms with Crippen molar-refractivity contribution in [2.45, 2.75) is 40.7 Å². The molecule has 96 valence electrons. The summed E-state index contributed by atoms with van der Waals surface area (Å²) >= 11 is 0. The molecule has 2 N–H and O–H groups in total. The molecule has 0 radical (unpaired) electrons. The van der Waals surface area contributed by atoms with E-state index in [1.807, 2.05) is 20.8 Å². The highest BCUT2D eigenvalue weighted by atomic mass is 15.2. The SMILES string of the molecule is CC.Cc1nc(N2CCC(C)C2)ccc1CN. The zero-order valence-corrected chi connectivity index (χ0v) is 11.5. The summed E-state index contributed by atoms with van der Waals surface area (Å²) in [4.78, 5) is 6.97. The molecule has 1 aromatic heterocycles.